The molecule has 0 aromatic heterocycles. The summed E-state index contributed by atoms with van der Waals surface area (Å²) in [4.78, 5) is 10.4. The molecule has 5 nitrogen and oxygen atoms in total. The molecule has 0 saturated carbocycles. The third kappa shape index (κ3) is 2.09. The van der Waals surface area contributed by atoms with Crippen LogP contribution in [-0.2, 0) is 4.74 Å². The Kier molecular flexibility index (Phi) is 2.88. The monoisotopic (exact) mass is 174 g/mol. The summed E-state index contributed by atoms with van der Waals surface area (Å²) in [6, 6.07) is 0. The Morgan fingerprint density at radius 2 is 2.58 bits per heavy atom. The van der Waals surface area contributed by atoms with Crippen LogP contribution in [0.25, 0.3) is 0 Å². The van der Waals surface area contributed by atoms with Gasteiger partial charge in [-0.3, -0.25) is 0 Å². The Balaban J connectivity index is 2.52. The lowest BCUT2D eigenvalue weighted by Gasteiger charge is -2.26. The molecule has 1 amide bonds. The van der Waals surface area contributed by atoms with Crippen molar-refractivity contribution in [3.05, 3.63) is 0 Å². The van der Waals surface area contributed by atoms with Crippen LogP contribution in [0.2, 0.25) is 0 Å². The molecule has 12 heavy (non-hydrogen) atoms. The highest BCUT2D eigenvalue weighted by Crippen LogP contribution is 2.14. The Labute approximate surface area is 71.1 Å². The van der Waals surface area contributed by atoms with Crippen LogP contribution >= 0.6 is 0 Å². The summed E-state index contributed by atoms with van der Waals surface area (Å²) < 4.78 is 4.96. The summed E-state index contributed by atoms with van der Waals surface area (Å²) in [5, 5.41) is 14.2. The van der Waals surface area contributed by atoms with E-state index in [-0.39, 0.29) is 0 Å². The first-order valence-corrected chi connectivity index (χ1v) is 3.89. The second-order valence-electron chi connectivity index (χ2n) is 3.07. The number of carboxylic acid groups (broad SMARTS) is 1. The first kappa shape index (κ1) is 9.28. The highest BCUT2D eigenvalue weighted by Gasteiger charge is 2.35. The topological polar surface area (TPSA) is 70.6 Å². The predicted molar refractivity (Wildman–Crippen MR) is 43.3 cm³/mol. The quantitative estimate of drug-likeness (QED) is 0.546. The lowest BCUT2D eigenvalue weighted by Crippen LogP contribution is -2.52. The molecule has 0 aromatic rings. The number of nitrogens with one attached hydrogen (secondary N) is 2. The molecule has 1 aliphatic heterocycles. The predicted octanol–water partition coefficient (Wildman–Crippen LogP) is -0.367. The van der Waals surface area contributed by atoms with Gasteiger partial charge >= 0.3 is 6.09 Å². The van der Waals surface area contributed by atoms with Crippen molar-refractivity contribution in [1.82, 2.24) is 10.6 Å². The number of hydrogen-bond donors (Lipinski definition) is 3. The van der Waals surface area contributed by atoms with Crippen molar-refractivity contribution in [3.8, 4) is 0 Å². The minimum Gasteiger partial charge on any atom is -0.465 e. The highest BCUT2D eigenvalue weighted by molar-refractivity contribution is 5.65. The molecular weight excluding hydrogens is 160 g/mol. The fraction of sp³-hybridized carbons (Fsp3) is 0.857. The fourth-order valence-electron chi connectivity index (χ4n) is 1.51. The van der Waals surface area contributed by atoms with E-state index in [4.69, 9.17) is 9.84 Å². The molecule has 1 aliphatic rings. The third-order valence-corrected chi connectivity index (χ3v) is 2.04. The van der Waals surface area contributed by atoms with Crippen LogP contribution < -0.4 is 10.6 Å². The number of methoxy groups -OCH3 is 1. The van der Waals surface area contributed by atoms with Gasteiger partial charge in [0.1, 0.15) is 0 Å². The number of amides is 1. The molecule has 70 valence electrons. The molecule has 0 spiro atoms. The van der Waals surface area contributed by atoms with Crippen LogP contribution in [0.4, 0.5) is 4.79 Å². The van der Waals surface area contributed by atoms with Crippen LogP contribution in [0.3, 0.4) is 0 Å². The van der Waals surface area contributed by atoms with Gasteiger partial charge < -0.3 is 20.5 Å². The molecule has 1 atom stereocenters. The van der Waals surface area contributed by atoms with Gasteiger partial charge in [-0.2, -0.15) is 0 Å². The zero-order valence-electron chi connectivity index (χ0n) is 7.09. The Morgan fingerprint density at radius 3 is 3.00 bits per heavy atom. The normalized spacial score (nSPS) is 28.8. The second kappa shape index (κ2) is 3.73. The SMILES string of the molecule is COCC1(NC(=O)O)CCNC1. The molecule has 5 heteroatoms. The standard InChI is InChI=1S/C7H14N2O3/c1-12-5-7(9-6(10)11)2-3-8-4-7/h8-9H,2-5H2,1H3,(H,10,11). The van der Waals surface area contributed by atoms with Crippen molar-refractivity contribution in [1.29, 1.82) is 0 Å². The summed E-state index contributed by atoms with van der Waals surface area (Å²) in [6.45, 7) is 1.91. The van der Waals surface area contributed by atoms with Crippen molar-refractivity contribution in [3.63, 3.8) is 0 Å². The molecule has 0 radical (unpaired) electrons. The van der Waals surface area contributed by atoms with Gasteiger partial charge in [0.25, 0.3) is 0 Å². The lowest BCUT2D eigenvalue weighted by atomic mass is 10.0. The largest absolute Gasteiger partial charge is 0.465 e. The van der Waals surface area contributed by atoms with E-state index in [0.717, 1.165) is 13.0 Å². The molecule has 1 unspecified atom stereocenters. The van der Waals surface area contributed by atoms with E-state index in [2.05, 4.69) is 10.6 Å². The average molecular weight is 174 g/mol. The van der Waals surface area contributed by atoms with Crippen LogP contribution in [0.1, 0.15) is 6.42 Å². The van der Waals surface area contributed by atoms with Crippen LogP contribution in [0, 0.1) is 0 Å². The first-order chi connectivity index (χ1) is 5.68. The fourth-order valence-corrected chi connectivity index (χ4v) is 1.51. The van der Waals surface area contributed by atoms with Gasteiger partial charge in [-0.15, -0.1) is 0 Å². The highest BCUT2D eigenvalue weighted by atomic mass is 16.5. The Bertz CT molecular complexity index is 166. The van der Waals surface area contributed by atoms with E-state index in [0.29, 0.717) is 13.2 Å². The molecular formula is C7H14N2O3. The third-order valence-electron chi connectivity index (χ3n) is 2.04. The zero-order valence-corrected chi connectivity index (χ0v) is 7.09. The molecule has 1 saturated heterocycles. The second-order valence-corrected chi connectivity index (χ2v) is 3.07. The van der Waals surface area contributed by atoms with Crippen LogP contribution in [-0.4, -0.2) is 43.5 Å². The van der Waals surface area contributed by atoms with Crippen molar-refractivity contribution in [2.75, 3.05) is 26.8 Å². The van der Waals surface area contributed by atoms with E-state index < -0.39 is 11.6 Å². The lowest BCUT2D eigenvalue weighted by molar-refractivity contribution is 0.112. The van der Waals surface area contributed by atoms with E-state index in [1.165, 1.54) is 0 Å². The van der Waals surface area contributed by atoms with Gasteiger partial charge in [-0.25, -0.2) is 4.79 Å². The minimum atomic E-state index is -0.990. The van der Waals surface area contributed by atoms with Crippen molar-refractivity contribution in [2.24, 2.45) is 0 Å². The maximum Gasteiger partial charge on any atom is 0.405 e. The summed E-state index contributed by atoms with van der Waals surface area (Å²) in [7, 11) is 1.57. The maximum absolute atomic E-state index is 10.4. The van der Waals surface area contributed by atoms with E-state index >= 15 is 0 Å². The van der Waals surface area contributed by atoms with Gasteiger partial charge in [0, 0.05) is 13.7 Å². The minimum absolute atomic E-state index is 0.416. The molecule has 1 heterocycles. The number of rotatable bonds is 3. The Morgan fingerprint density at radius 1 is 1.83 bits per heavy atom. The average Bonchev–Trinajstić information content (AvgIpc) is 2.36. The molecule has 0 aliphatic carbocycles. The van der Waals surface area contributed by atoms with E-state index in [1.807, 2.05) is 0 Å². The summed E-state index contributed by atoms with van der Waals surface area (Å²) >= 11 is 0. The smallest absolute Gasteiger partial charge is 0.405 e. The van der Waals surface area contributed by atoms with Gasteiger partial charge in [-0.05, 0) is 13.0 Å². The van der Waals surface area contributed by atoms with Gasteiger partial charge in [0.05, 0.1) is 12.1 Å². The molecule has 0 aromatic carbocycles. The van der Waals surface area contributed by atoms with Crippen molar-refractivity contribution < 1.29 is 14.6 Å². The molecule has 0 bridgehead atoms. The van der Waals surface area contributed by atoms with Crippen LogP contribution in [0.15, 0.2) is 0 Å². The molecule has 1 fully saturated rings. The summed E-state index contributed by atoms with van der Waals surface area (Å²) in [6.07, 6.45) is -0.205. The number of carbonyl (C=O) groups is 1. The number of ether oxygens (including phenoxy) is 1. The summed E-state index contributed by atoms with van der Waals surface area (Å²) in [5.41, 5.74) is -0.416. The molecule has 3 N–H and O–H groups in total. The van der Waals surface area contributed by atoms with E-state index in [1.54, 1.807) is 7.11 Å². The zero-order chi connectivity index (χ0) is 9.03. The molecule has 1 rings (SSSR count). The number of hydrogen-bond acceptors (Lipinski definition) is 3. The van der Waals surface area contributed by atoms with E-state index in [9.17, 15) is 4.79 Å². The van der Waals surface area contributed by atoms with Crippen molar-refractivity contribution >= 4 is 6.09 Å². The van der Waals surface area contributed by atoms with Gasteiger partial charge in [-0.1, -0.05) is 0 Å². The maximum atomic E-state index is 10.4. The van der Waals surface area contributed by atoms with Crippen LogP contribution in [0.5, 0.6) is 0 Å². The van der Waals surface area contributed by atoms with Gasteiger partial charge in [0.2, 0.25) is 0 Å². The van der Waals surface area contributed by atoms with Gasteiger partial charge in [0.15, 0.2) is 0 Å². The first-order valence-electron chi connectivity index (χ1n) is 3.89. The summed E-state index contributed by atoms with van der Waals surface area (Å²) in [5.74, 6) is 0. The van der Waals surface area contributed by atoms with Crippen molar-refractivity contribution in [2.45, 2.75) is 12.0 Å². The Hall–Kier alpha value is -0.810.